The number of hydrogen-bond donors (Lipinski definition) is 0. The molecule has 14 heavy (non-hydrogen) atoms. The van der Waals surface area contributed by atoms with Crippen LogP contribution in [0.4, 0.5) is 4.79 Å². The van der Waals surface area contributed by atoms with Crippen LogP contribution >= 0.6 is 0 Å². The molecule has 0 N–H and O–H groups in total. The fourth-order valence-electron chi connectivity index (χ4n) is 1.48. The first-order valence-corrected chi connectivity index (χ1v) is 4.81. The summed E-state index contributed by atoms with van der Waals surface area (Å²) < 4.78 is 1.33. The minimum atomic E-state index is -0.385. The Morgan fingerprint density at radius 2 is 2.07 bits per heavy atom. The predicted molar refractivity (Wildman–Crippen MR) is 49.5 cm³/mol. The normalized spacial score (nSPS) is 18.0. The molecule has 0 bridgehead atoms. The van der Waals surface area contributed by atoms with E-state index in [0.717, 1.165) is 25.9 Å². The molecular formula is C9H13N3O2. The highest BCUT2D eigenvalue weighted by Crippen LogP contribution is 2.09. The molecule has 5 heteroatoms. The zero-order valence-corrected chi connectivity index (χ0v) is 7.93. The molecule has 1 aromatic rings. The average molecular weight is 195 g/mol. The van der Waals surface area contributed by atoms with Crippen LogP contribution in [0.3, 0.4) is 0 Å². The van der Waals surface area contributed by atoms with Gasteiger partial charge in [0.25, 0.3) is 0 Å². The van der Waals surface area contributed by atoms with Gasteiger partial charge in [0.15, 0.2) is 0 Å². The third kappa shape index (κ3) is 2.11. The first-order valence-electron chi connectivity index (χ1n) is 4.81. The standard InChI is InChI=1S/C9H13N3O2/c13-9(11-7-4-10-8-11)14-12-5-2-1-3-6-12/h4,7-8H,1-3,5-6H2. The highest BCUT2D eigenvalue weighted by molar-refractivity contribution is 5.69. The minimum absolute atomic E-state index is 0.385. The fraction of sp³-hybridized carbons (Fsp3) is 0.556. The number of aromatic nitrogens is 2. The fourth-order valence-corrected chi connectivity index (χ4v) is 1.48. The van der Waals surface area contributed by atoms with E-state index in [2.05, 4.69) is 4.98 Å². The Bertz CT molecular complexity index is 291. The Balaban J connectivity index is 1.87. The topological polar surface area (TPSA) is 47.4 Å². The molecule has 0 aliphatic carbocycles. The number of carbonyl (C=O) groups excluding carboxylic acids is 1. The Hall–Kier alpha value is -1.36. The van der Waals surface area contributed by atoms with Crippen molar-refractivity contribution in [2.75, 3.05) is 13.1 Å². The van der Waals surface area contributed by atoms with Crippen molar-refractivity contribution >= 4 is 6.09 Å². The number of hydrogen-bond acceptors (Lipinski definition) is 4. The van der Waals surface area contributed by atoms with Crippen molar-refractivity contribution in [3.8, 4) is 0 Å². The molecule has 5 nitrogen and oxygen atoms in total. The van der Waals surface area contributed by atoms with E-state index in [1.54, 1.807) is 17.5 Å². The van der Waals surface area contributed by atoms with Crippen LogP contribution in [-0.2, 0) is 4.84 Å². The van der Waals surface area contributed by atoms with Crippen LogP contribution in [0.25, 0.3) is 0 Å². The molecule has 1 fully saturated rings. The zero-order chi connectivity index (χ0) is 9.80. The Morgan fingerprint density at radius 3 is 2.71 bits per heavy atom. The lowest BCUT2D eigenvalue weighted by molar-refractivity contribution is -0.110. The van der Waals surface area contributed by atoms with Crippen molar-refractivity contribution in [1.29, 1.82) is 0 Å². The number of carbonyl (C=O) groups is 1. The molecule has 1 aromatic heterocycles. The van der Waals surface area contributed by atoms with E-state index in [9.17, 15) is 4.79 Å². The lowest BCUT2D eigenvalue weighted by atomic mass is 10.2. The smallest absolute Gasteiger partial charge is 0.350 e. The first kappa shape index (κ1) is 9.21. The Kier molecular flexibility index (Phi) is 2.78. The largest absolute Gasteiger partial charge is 0.438 e. The Labute approximate surface area is 82.2 Å². The van der Waals surface area contributed by atoms with Crippen molar-refractivity contribution in [2.45, 2.75) is 19.3 Å². The number of imidazole rings is 1. The van der Waals surface area contributed by atoms with Crippen LogP contribution in [0.5, 0.6) is 0 Å². The van der Waals surface area contributed by atoms with Crippen LogP contribution in [0, 0.1) is 0 Å². The van der Waals surface area contributed by atoms with E-state index < -0.39 is 0 Å². The van der Waals surface area contributed by atoms with Gasteiger partial charge in [-0.05, 0) is 12.8 Å². The van der Waals surface area contributed by atoms with Gasteiger partial charge in [-0.1, -0.05) is 6.42 Å². The van der Waals surface area contributed by atoms with E-state index in [0.29, 0.717) is 0 Å². The first-order chi connectivity index (χ1) is 6.86. The third-order valence-corrected chi connectivity index (χ3v) is 2.24. The van der Waals surface area contributed by atoms with Crippen molar-refractivity contribution in [1.82, 2.24) is 14.6 Å². The number of piperidine rings is 1. The van der Waals surface area contributed by atoms with Crippen LogP contribution in [0.15, 0.2) is 18.7 Å². The molecule has 0 saturated carbocycles. The zero-order valence-electron chi connectivity index (χ0n) is 7.93. The molecule has 1 aliphatic rings. The summed E-state index contributed by atoms with van der Waals surface area (Å²) in [5.41, 5.74) is 0. The lowest BCUT2D eigenvalue weighted by Crippen LogP contribution is -2.33. The number of hydroxylamine groups is 2. The second-order valence-electron chi connectivity index (χ2n) is 3.32. The van der Waals surface area contributed by atoms with Crippen molar-refractivity contribution in [2.24, 2.45) is 0 Å². The number of nitrogens with zero attached hydrogens (tertiary/aromatic N) is 3. The van der Waals surface area contributed by atoms with Gasteiger partial charge in [-0.15, -0.1) is 5.06 Å². The monoisotopic (exact) mass is 195 g/mol. The summed E-state index contributed by atoms with van der Waals surface area (Å²) in [6.45, 7) is 1.67. The summed E-state index contributed by atoms with van der Waals surface area (Å²) >= 11 is 0. The highest BCUT2D eigenvalue weighted by Gasteiger charge is 2.15. The van der Waals surface area contributed by atoms with E-state index in [4.69, 9.17) is 4.84 Å². The van der Waals surface area contributed by atoms with Crippen molar-refractivity contribution in [3.63, 3.8) is 0 Å². The maximum atomic E-state index is 11.4. The van der Waals surface area contributed by atoms with Crippen LogP contribution < -0.4 is 0 Å². The SMILES string of the molecule is O=C(ON1CCCCC1)n1ccnc1. The summed E-state index contributed by atoms with van der Waals surface area (Å²) in [6.07, 6.45) is 7.59. The van der Waals surface area contributed by atoms with E-state index in [1.807, 2.05) is 0 Å². The van der Waals surface area contributed by atoms with Crippen molar-refractivity contribution in [3.05, 3.63) is 18.7 Å². The van der Waals surface area contributed by atoms with Gasteiger partial charge in [-0.25, -0.2) is 14.3 Å². The maximum absolute atomic E-state index is 11.4. The van der Waals surface area contributed by atoms with E-state index in [1.165, 1.54) is 17.3 Å². The average Bonchev–Trinajstić information content (AvgIpc) is 2.72. The molecular weight excluding hydrogens is 182 g/mol. The quantitative estimate of drug-likeness (QED) is 0.677. The molecule has 2 heterocycles. The second kappa shape index (κ2) is 4.23. The summed E-state index contributed by atoms with van der Waals surface area (Å²) in [5.74, 6) is 0. The lowest BCUT2D eigenvalue weighted by Gasteiger charge is -2.24. The van der Waals surface area contributed by atoms with E-state index in [-0.39, 0.29) is 6.09 Å². The van der Waals surface area contributed by atoms with Gasteiger partial charge in [0, 0.05) is 25.5 Å². The summed E-state index contributed by atoms with van der Waals surface area (Å²) in [6, 6.07) is 0. The molecule has 1 aliphatic heterocycles. The number of rotatable bonds is 1. The summed E-state index contributed by atoms with van der Waals surface area (Å²) in [5, 5.41) is 1.71. The van der Waals surface area contributed by atoms with Gasteiger partial charge in [0.05, 0.1) is 0 Å². The van der Waals surface area contributed by atoms with Gasteiger partial charge in [-0.2, -0.15) is 0 Å². The maximum Gasteiger partial charge on any atom is 0.438 e. The molecule has 0 atom stereocenters. The Morgan fingerprint density at radius 1 is 1.29 bits per heavy atom. The van der Waals surface area contributed by atoms with Crippen LogP contribution in [0.1, 0.15) is 19.3 Å². The molecule has 0 radical (unpaired) electrons. The van der Waals surface area contributed by atoms with E-state index >= 15 is 0 Å². The van der Waals surface area contributed by atoms with Gasteiger partial charge >= 0.3 is 6.09 Å². The van der Waals surface area contributed by atoms with Crippen LogP contribution in [0.2, 0.25) is 0 Å². The van der Waals surface area contributed by atoms with Gasteiger partial charge in [0.1, 0.15) is 6.33 Å². The molecule has 76 valence electrons. The predicted octanol–water partition coefficient (Wildman–Crippen LogP) is 1.27. The van der Waals surface area contributed by atoms with Gasteiger partial charge in [0.2, 0.25) is 0 Å². The van der Waals surface area contributed by atoms with Crippen LogP contribution in [-0.4, -0.2) is 33.8 Å². The molecule has 0 unspecified atom stereocenters. The highest BCUT2D eigenvalue weighted by atomic mass is 16.7. The molecule has 0 amide bonds. The van der Waals surface area contributed by atoms with Gasteiger partial charge in [-0.3, -0.25) is 0 Å². The van der Waals surface area contributed by atoms with Gasteiger partial charge < -0.3 is 4.84 Å². The van der Waals surface area contributed by atoms with Crippen molar-refractivity contribution < 1.29 is 9.63 Å². The third-order valence-electron chi connectivity index (χ3n) is 2.24. The summed E-state index contributed by atoms with van der Waals surface area (Å²) in [7, 11) is 0. The second-order valence-corrected chi connectivity index (χ2v) is 3.32. The molecule has 0 aromatic carbocycles. The minimum Gasteiger partial charge on any atom is -0.350 e. The summed E-state index contributed by atoms with van der Waals surface area (Å²) in [4.78, 5) is 20.4. The molecule has 0 spiro atoms. The molecule has 1 saturated heterocycles. The molecule has 2 rings (SSSR count).